The maximum Gasteiger partial charge on any atom is 0.160 e. The quantitative estimate of drug-likeness (QED) is 0.451. The van der Waals surface area contributed by atoms with Crippen LogP contribution in [0.2, 0.25) is 0 Å². The van der Waals surface area contributed by atoms with Crippen molar-refractivity contribution >= 4 is 0 Å². The molecule has 156 valence electrons. The van der Waals surface area contributed by atoms with Crippen molar-refractivity contribution < 1.29 is 14.2 Å². The minimum Gasteiger partial charge on any atom is -0.466 e. The highest BCUT2D eigenvalue weighted by molar-refractivity contribution is 5.30. The molecule has 0 saturated carbocycles. The molecule has 2 atom stereocenters. The van der Waals surface area contributed by atoms with Crippen molar-refractivity contribution in [3.05, 3.63) is 48.3 Å². The van der Waals surface area contributed by atoms with Crippen molar-refractivity contribution in [3.63, 3.8) is 0 Å². The molecule has 0 aromatic heterocycles. The third-order valence-electron chi connectivity index (χ3n) is 6.17. The fraction of sp³-hybridized carbons (Fsp3) is 0.667. The zero-order chi connectivity index (χ0) is 19.7. The van der Waals surface area contributed by atoms with Crippen molar-refractivity contribution in [1.82, 2.24) is 4.90 Å². The highest BCUT2D eigenvalue weighted by Crippen LogP contribution is 2.39. The molecule has 0 amide bonds. The Bertz CT molecular complexity index is 607. The van der Waals surface area contributed by atoms with Crippen LogP contribution >= 0.6 is 0 Å². The fourth-order valence-electron chi connectivity index (χ4n) is 4.78. The summed E-state index contributed by atoms with van der Waals surface area (Å²) in [4.78, 5) is 2.62. The first kappa shape index (κ1) is 21.2. The van der Waals surface area contributed by atoms with Crippen molar-refractivity contribution in [3.8, 4) is 0 Å². The molecule has 1 aliphatic carbocycles. The molecule has 2 aliphatic heterocycles. The van der Waals surface area contributed by atoms with Gasteiger partial charge < -0.3 is 14.2 Å². The van der Waals surface area contributed by atoms with Gasteiger partial charge in [-0.25, -0.2) is 0 Å². The number of rotatable bonds is 10. The molecule has 0 N–H and O–H groups in total. The normalized spacial score (nSPS) is 26.2. The molecule has 0 aromatic rings. The first-order chi connectivity index (χ1) is 13.8. The van der Waals surface area contributed by atoms with E-state index in [-0.39, 0.29) is 11.5 Å². The smallest absolute Gasteiger partial charge is 0.160 e. The van der Waals surface area contributed by atoms with Gasteiger partial charge in [0.2, 0.25) is 0 Å². The van der Waals surface area contributed by atoms with Gasteiger partial charge in [0, 0.05) is 18.6 Å². The van der Waals surface area contributed by atoms with Crippen LogP contribution in [0.3, 0.4) is 0 Å². The summed E-state index contributed by atoms with van der Waals surface area (Å²) in [7, 11) is 0. The van der Waals surface area contributed by atoms with Crippen molar-refractivity contribution in [2.24, 2.45) is 5.41 Å². The third-order valence-corrected chi connectivity index (χ3v) is 6.17. The molecular formula is C24H37NO3. The van der Waals surface area contributed by atoms with Gasteiger partial charge in [-0.15, -0.1) is 0 Å². The van der Waals surface area contributed by atoms with E-state index < -0.39 is 0 Å². The highest BCUT2D eigenvalue weighted by atomic mass is 16.5. The summed E-state index contributed by atoms with van der Waals surface area (Å²) in [6.07, 6.45) is 21.5. The average Bonchev–Trinajstić information content (AvgIpc) is 2.75. The molecule has 0 radical (unpaired) electrons. The molecular weight excluding hydrogens is 350 g/mol. The van der Waals surface area contributed by atoms with Crippen LogP contribution in [-0.4, -0.2) is 37.2 Å². The molecule has 2 heterocycles. The summed E-state index contributed by atoms with van der Waals surface area (Å²) < 4.78 is 17.4. The fourth-order valence-corrected chi connectivity index (χ4v) is 4.78. The van der Waals surface area contributed by atoms with Gasteiger partial charge in [-0.2, -0.15) is 0 Å². The molecule has 4 heteroatoms. The number of unbranched alkanes of at least 4 members (excludes halogenated alkanes) is 2. The van der Waals surface area contributed by atoms with Gasteiger partial charge in [-0.1, -0.05) is 44.4 Å². The van der Waals surface area contributed by atoms with Gasteiger partial charge in [-0.3, -0.25) is 4.90 Å². The van der Waals surface area contributed by atoms with Crippen LogP contribution in [0.4, 0.5) is 0 Å². The Balaban J connectivity index is 1.81. The molecule has 28 heavy (non-hydrogen) atoms. The second-order valence-corrected chi connectivity index (χ2v) is 8.33. The van der Waals surface area contributed by atoms with Crippen molar-refractivity contribution in [2.45, 2.75) is 71.3 Å². The lowest BCUT2D eigenvalue weighted by Gasteiger charge is -2.46. The van der Waals surface area contributed by atoms with Gasteiger partial charge in [0.25, 0.3) is 0 Å². The standard InChI is InChI=1S/C24H37NO3/c1-3-5-9-13-24(20-26-4-2)14-10-15-25(19-24)23(21-11-7-6-8-12-21)22-18-27-16-17-28-22/h6-7,11,16-18,23H,3-5,8-10,12-15,19-20H2,1-2H3. The van der Waals surface area contributed by atoms with E-state index in [1.54, 1.807) is 18.8 Å². The second-order valence-electron chi connectivity index (χ2n) is 8.33. The molecule has 0 spiro atoms. The van der Waals surface area contributed by atoms with Crippen LogP contribution in [0.5, 0.6) is 0 Å². The summed E-state index contributed by atoms with van der Waals surface area (Å²) in [5.74, 6) is 0.907. The summed E-state index contributed by atoms with van der Waals surface area (Å²) >= 11 is 0. The van der Waals surface area contributed by atoms with E-state index in [0.29, 0.717) is 0 Å². The largest absolute Gasteiger partial charge is 0.466 e. The Morgan fingerprint density at radius 2 is 2.18 bits per heavy atom. The minimum atomic E-state index is 0.155. The third kappa shape index (κ3) is 5.51. The number of ether oxygens (including phenoxy) is 3. The average molecular weight is 388 g/mol. The molecule has 0 bridgehead atoms. The molecule has 1 saturated heterocycles. The lowest BCUT2D eigenvalue weighted by molar-refractivity contribution is -0.0204. The second kappa shape index (κ2) is 10.9. The summed E-state index contributed by atoms with van der Waals surface area (Å²) in [5.41, 5.74) is 1.67. The zero-order valence-corrected chi connectivity index (χ0v) is 17.7. The van der Waals surface area contributed by atoms with Gasteiger partial charge in [-0.05, 0) is 51.1 Å². The van der Waals surface area contributed by atoms with Crippen LogP contribution in [0.15, 0.2) is 48.3 Å². The molecule has 3 aliphatic rings. The number of hydrogen-bond acceptors (Lipinski definition) is 4. The monoisotopic (exact) mass is 387 g/mol. The minimum absolute atomic E-state index is 0.155. The Labute approximate surface area is 170 Å². The number of nitrogens with zero attached hydrogens (tertiary/aromatic N) is 1. The predicted molar refractivity (Wildman–Crippen MR) is 114 cm³/mol. The topological polar surface area (TPSA) is 30.9 Å². The summed E-state index contributed by atoms with van der Waals surface area (Å²) in [6.45, 7) is 8.20. The number of hydrogen-bond donors (Lipinski definition) is 0. The molecule has 0 aromatic carbocycles. The van der Waals surface area contributed by atoms with Gasteiger partial charge in [0.1, 0.15) is 18.8 Å². The first-order valence-corrected chi connectivity index (χ1v) is 11.1. The Morgan fingerprint density at radius 3 is 2.89 bits per heavy atom. The van der Waals surface area contributed by atoms with E-state index in [4.69, 9.17) is 14.2 Å². The van der Waals surface area contributed by atoms with Crippen LogP contribution in [-0.2, 0) is 14.2 Å². The zero-order valence-electron chi connectivity index (χ0n) is 17.7. The predicted octanol–water partition coefficient (Wildman–Crippen LogP) is 5.69. The van der Waals surface area contributed by atoms with E-state index in [1.165, 1.54) is 44.1 Å². The lowest BCUT2D eigenvalue weighted by atomic mass is 9.75. The summed E-state index contributed by atoms with van der Waals surface area (Å²) in [6, 6.07) is 0.155. The number of likely N-dealkylation sites (tertiary alicyclic amines) is 1. The van der Waals surface area contributed by atoms with E-state index in [1.807, 2.05) is 0 Å². The molecule has 3 rings (SSSR count). The van der Waals surface area contributed by atoms with Gasteiger partial charge in [0.05, 0.1) is 12.6 Å². The Kier molecular flexibility index (Phi) is 8.23. The van der Waals surface area contributed by atoms with E-state index in [2.05, 4.69) is 37.0 Å². The van der Waals surface area contributed by atoms with Crippen LogP contribution < -0.4 is 0 Å². The van der Waals surface area contributed by atoms with Crippen molar-refractivity contribution in [1.29, 1.82) is 0 Å². The Morgan fingerprint density at radius 1 is 1.25 bits per heavy atom. The van der Waals surface area contributed by atoms with E-state index >= 15 is 0 Å². The SMILES string of the molecule is CCCCCC1(COCC)CCCN(C(C2=CC=CCC2)C2=COC=CO2)C1. The van der Waals surface area contributed by atoms with Gasteiger partial charge >= 0.3 is 0 Å². The first-order valence-electron chi connectivity index (χ1n) is 11.1. The van der Waals surface area contributed by atoms with Gasteiger partial charge in [0.15, 0.2) is 5.76 Å². The number of piperidine rings is 1. The molecule has 4 nitrogen and oxygen atoms in total. The lowest BCUT2D eigenvalue weighted by Crippen LogP contribution is -2.51. The number of allylic oxidation sites excluding steroid dienone is 3. The maximum atomic E-state index is 5.99. The van der Waals surface area contributed by atoms with Crippen molar-refractivity contribution in [2.75, 3.05) is 26.3 Å². The molecule has 1 fully saturated rings. The van der Waals surface area contributed by atoms with E-state index in [0.717, 1.165) is 44.9 Å². The summed E-state index contributed by atoms with van der Waals surface area (Å²) in [5, 5.41) is 0. The van der Waals surface area contributed by atoms with Crippen LogP contribution in [0.25, 0.3) is 0 Å². The molecule has 2 unspecified atom stereocenters. The van der Waals surface area contributed by atoms with Crippen LogP contribution in [0.1, 0.15) is 65.2 Å². The maximum absolute atomic E-state index is 5.99. The Hall–Kier alpha value is -1.52. The van der Waals surface area contributed by atoms with Crippen LogP contribution in [0, 0.1) is 5.41 Å². The van der Waals surface area contributed by atoms with E-state index in [9.17, 15) is 0 Å². The highest BCUT2D eigenvalue weighted by Gasteiger charge is 2.40.